The van der Waals surface area contributed by atoms with Crippen molar-refractivity contribution in [3.05, 3.63) is 51.5 Å². The monoisotopic (exact) mass is 352 g/mol. The van der Waals surface area contributed by atoms with E-state index in [0.29, 0.717) is 19.0 Å². The molecule has 0 aliphatic carbocycles. The third-order valence-electron chi connectivity index (χ3n) is 3.33. The van der Waals surface area contributed by atoms with Crippen molar-refractivity contribution in [1.29, 1.82) is 0 Å². The van der Waals surface area contributed by atoms with Crippen LogP contribution in [-0.4, -0.2) is 24.0 Å². The molecule has 1 heterocycles. The summed E-state index contributed by atoms with van der Waals surface area (Å²) in [6.07, 6.45) is 1.73. The van der Waals surface area contributed by atoms with E-state index in [0.717, 1.165) is 35.7 Å². The minimum Gasteiger partial charge on any atom is -0.357 e. The van der Waals surface area contributed by atoms with E-state index in [2.05, 4.69) is 32.9 Å². The Hall–Kier alpha value is -2.02. The molecule has 24 heavy (non-hydrogen) atoms. The molecule has 0 spiro atoms. The lowest BCUT2D eigenvalue weighted by atomic mass is 10.2. The first-order chi connectivity index (χ1) is 11.6. The molecule has 0 aliphatic rings. The van der Waals surface area contributed by atoms with Gasteiger partial charge in [-0.3, -0.25) is 0 Å². The van der Waals surface area contributed by atoms with E-state index in [1.165, 1.54) is 6.07 Å². The number of hydrogen-bond acceptors (Lipinski definition) is 3. The standard InChI is InChI=1S/C17H22F2N4S/c1-3-16-23-14(11-24-16)7-8-21-17(20-4-2)22-10-12-9-13(18)5-6-15(12)19/h5-6,9,11H,3-4,7-8,10H2,1-2H3,(H2,20,21,22). The third kappa shape index (κ3) is 5.56. The van der Waals surface area contributed by atoms with Gasteiger partial charge in [-0.05, 0) is 31.5 Å². The molecule has 0 atom stereocenters. The van der Waals surface area contributed by atoms with Crippen LogP contribution in [0.25, 0.3) is 0 Å². The van der Waals surface area contributed by atoms with Crippen LogP contribution in [-0.2, 0) is 19.4 Å². The van der Waals surface area contributed by atoms with Gasteiger partial charge in [0, 0.05) is 30.5 Å². The summed E-state index contributed by atoms with van der Waals surface area (Å²) in [4.78, 5) is 8.82. The van der Waals surface area contributed by atoms with Crippen molar-refractivity contribution in [3.8, 4) is 0 Å². The van der Waals surface area contributed by atoms with Crippen LogP contribution in [0.4, 0.5) is 8.78 Å². The molecule has 0 aliphatic heterocycles. The Morgan fingerprint density at radius 2 is 2.08 bits per heavy atom. The summed E-state index contributed by atoms with van der Waals surface area (Å²) in [6, 6.07) is 3.39. The summed E-state index contributed by atoms with van der Waals surface area (Å²) in [5, 5.41) is 9.48. The predicted molar refractivity (Wildman–Crippen MR) is 94.4 cm³/mol. The highest BCUT2D eigenvalue weighted by Gasteiger charge is 2.05. The molecule has 0 unspecified atom stereocenters. The number of aromatic nitrogens is 1. The number of aliphatic imine (C=N–C) groups is 1. The molecule has 2 N–H and O–H groups in total. The van der Waals surface area contributed by atoms with Gasteiger partial charge in [0.2, 0.25) is 0 Å². The minimum atomic E-state index is -0.463. The van der Waals surface area contributed by atoms with Crippen molar-refractivity contribution in [2.75, 3.05) is 13.1 Å². The summed E-state index contributed by atoms with van der Waals surface area (Å²) in [7, 11) is 0. The summed E-state index contributed by atoms with van der Waals surface area (Å²) in [5.41, 5.74) is 1.29. The van der Waals surface area contributed by atoms with Crippen molar-refractivity contribution < 1.29 is 8.78 Å². The van der Waals surface area contributed by atoms with Gasteiger partial charge in [0.25, 0.3) is 0 Å². The fourth-order valence-corrected chi connectivity index (χ4v) is 2.88. The largest absolute Gasteiger partial charge is 0.357 e. The molecule has 130 valence electrons. The van der Waals surface area contributed by atoms with Crippen molar-refractivity contribution >= 4 is 17.3 Å². The molecule has 0 bridgehead atoms. The van der Waals surface area contributed by atoms with Crippen molar-refractivity contribution in [2.24, 2.45) is 4.99 Å². The summed E-state index contributed by atoms with van der Waals surface area (Å²) in [6.45, 7) is 5.48. The summed E-state index contributed by atoms with van der Waals surface area (Å²) in [5.74, 6) is -0.340. The maximum absolute atomic E-state index is 13.6. The Morgan fingerprint density at radius 1 is 1.25 bits per heavy atom. The van der Waals surface area contributed by atoms with E-state index in [1.807, 2.05) is 6.92 Å². The molecular formula is C17H22F2N4S. The number of hydrogen-bond donors (Lipinski definition) is 2. The molecular weight excluding hydrogens is 330 g/mol. The zero-order valence-electron chi connectivity index (χ0n) is 13.9. The number of nitrogens with one attached hydrogen (secondary N) is 2. The number of guanidine groups is 1. The Labute approximate surface area is 145 Å². The van der Waals surface area contributed by atoms with Crippen molar-refractivity contribution in [1.82, 2.24) is 15.6 Å². The number of aryl methyl sites for hydroxylation is 1. The molecule has 7 heteroatoms. The van der Waals surface area contributed by atoms with Gasteiger partial charge in [0.1, 0.15) is 11.6 Å². The van der Waals surface area contributed by atoms with Gasteiger partial charge in [-0.15, -0.1) is 11.3 Å². The van der Waals surface area contributed by atoms with Gasteiger partial charge >= 0.3 is 0 Å². The molecule has 0 radical (unpaired) electrons. The van der Waals surface area contributed by atoms with Gasteiger partial charge in [-0.1, -0.05) is 6.92 Å². The van der Waals surface area contributed by atoms with Crippen molar-refractivity contribution in [2.45, 2.75) is 33.2 Å². The lowest BCUT2D eigenvalue weighted by molar-refractivity contribution is 0.585. The number of nitrogens with zero attached hydrogens (tertiary/aromatic N) is 2. The first-order valence-corrected chi connectivity index (χ1v) is 8.89. The first kappa shape index (κ1) is 18.3. The quantitative estimate of drug-likeness (QED) is 0.594. The second-order valence-electron chi connectivity index (χ2n) is 5.19. The SMILES string of the molecule is CCNC(=NCc1cc(F)ccc1F)NCCc1csc(CC)n1. The van der Waals surface area contributed by atoms with Gasteiger partial charge < -0.3 is 10.6 Å². The van der Waals surface area contributed by atoms with E-state index in [-0.39, 0.29) is 12.1 Å². The molecule has 0 saturated carbocycles. The number of halogens is 2. The maximum atomic E-state index is 13.6. The maximum Gasteiger partial charge on any atom is 0.191 e. The van der Waals surface area contributed by atoms with E-state index < -0.39 is 11.6 Å². The molecule has 1 aromatic heterocycles. The van der Waals surface area contributed by atoms with Crippen LogP contribution in [0.15, 0.2) is 28.6 Å². The predicted octanol–water partition coefficient (Wildman–Crippen LogP) is 3.28. The average Bonchev–Trinajstić information content (AvgIpc) is 3.03. The minimum absolute atomic E-state index is 0.0790. The average molecular weight is 352 g/mol. The smallest absolute Gasteiger partial charge is 0.191 e. The van der Waals surface area contributed by atoms with Crippen LogP contribution in [0.5, 0.6) is 0 Å². The molecule has 0 fully saturated rings. The van der Waals surface area contributed by atoms with Crippen LogP contribution >= 0.6 is 11.3 Å². The molecule has 1 aromatic carbocycles. The van der Waals surface area contributed by atoms with Gasteiger partial charge in [-0.25, -0.2) is 18.8 Å². The molecule has 4 nitrogen and oxygen atoms in total. The highest BCUT2D eigenvalue weighted by molar-refractivity contribution is 7.09. The Morgan fingerprint density at radius 3 is 2.79 bits per heavy atom. The van der Waals surface area contributed by atoms with Crippen LogP contribution in [0.3, 0.4) is 0 Å². The molecule has 0 saturated heterocycles. The van der Waals surface area contributed by atoms with Crippen molar-refractivity contribution in [3.63, 3.8) is 0 Å². The first-order valence-electron chi connectivity index (χ1n) is 8.01. The highest BCUT2D eigenvalue weighted by atomic mass is 32.1. The number of rotatable bonds is 7. The molecule has 0 amide bonds. The fourth-order valence-electron chi connectivity index (χ4n) is 2.11. The Bertz CT molecular complexity index is 685. The fraction of sp³-hybridized carbons (Fsp3) is 0.412. The second-order valence-corrected chi connectivity index (χ2v) is 6.14. The van der Waals surface area contributed by atoms with Crippen LogP contribution in [0, 0.1) is 11.6 Å². The third-order valence-corrected chi connectivity index (χ3v) is 4.38. The Kier molecular flexibility index (Phi) is 7.11. The summed E-state index contributed by atoms with van der Waals surface area (Å²) >= 11 is 1.67. The zero-order valence-corrected chi connectivity index (χ0v) is 14.7. The normalized spacial score (nSPS) is 11.6. The number of benzene rings is 1. The second kappa shape index (κ2) is 9.32. The van der Waals surface area contributed by atoms with E-state index >= 15 is 0 Å². The van der Waals surface area contributed by atoms with Gasteiger partial charge in [0.15, 0.2) is 5.96 Å². The number of thiazole rings is 1. The van der Waals surface area contributed by atoms with Crippen LogP contribution in [0.1, 0.15) is 30.1 Å². The van der Waals surface area contributed by atoms with E-state index in [9.17, 15) is 8.78 Å². The summed E-state index contributed by atoms with van der Waals surface area (Å²) < 4.78 is 26.8. The Balaban J connectivity index is 1.91. The molecule has 2 aromatic rings. The van der Waals surface area contributed by atoms with E-state index in [1.54, 1.807) is 11.3 Å². The molecule has 2 rings (SSSR count). The zero-order chi connectivity index (χ0) is 17.4. The van der Waals surface area contributed by atoms with Crippen LogP contribution < -0.4 is 10.6 Å². The van der Waals surface area contributed by atoms with Gasteiger partial charge in [0.05, 0.1) is 17.2 Å². The van der Waals surface area contributed by atoms with E-state index in [4.69, 9.17) is 0 Å². The van der Waals surface area contributed by atoms with Gasteiger partial charge in [-0.2, -0.15) is 0 Å². The topological polar surface area (TPSA) is 49.3 Å². The highest BCUT2D eigenvalue weighted by Crippen LogP contribution is 2.11. The lowest BCUT2D eigenvalue weighted by Gasteiger charge is -2.11. The lowest BCUT2D eigenvalue weighted by Crippen LogP contribution is -2.38. The van der Waals surface area contributed by atoms with Crippen LogP contribution in [0.2, 0.25) is 0 Å².